The zero-order valence-corrected chi connectivity index (χ0v) is 13.8. The van der Waals surface area contributed by atoms with E-state index >= 15 is 0 Å². The van der Waals surface area contributed by atoms with Crippen LogP contribution in [0.4, 0.5) is 0 Å². The summed E-state index contributed by atoms with van der Waals surface area (Å²) in [4.78, 5) is 34.9. The van der Waals surface area contributed by atoms with Crippen molar-refractivity contribution in [2.75, 3.05) is 6.61 Å². The molecule has 1 aliphatic heterocycles. The van der Waals surface area contributed by atoms with Crippen molar-refractivity contribution in [3.63, 3.8) is 0 Å². The van der Waals surface area contributed by atoms with Crippen molar-refractivity contribution in [3.05, 3.63) is 23.5 Å². The Bertz CT molecular complexity index is 529. The summed E-state index contributed by atoms with van der Waals surface area (Å²) in [5.74, 6) is -1.03. The molecule has 0 amide bonds. The van der Waals surface area contributed by atoms with Crippen LogP contribution < -0.4 is 0 Å². The molecule has 0 aromatic carbocycles. The van der Waals surface area contributed by atoms with E-state index < -0.39 is 17.4 Å². The minimum Gasteiger partial charge on any atom is -0.488 e. The number of aliphatic hydroxyl groups excluding tert-OH is 1. The number of rotatable bonds is 4. The molecular formula is C17H24O5. The van der Waals surface area contributed by atoms with Crippen LogP contribution >= 0.6 is 0 Å². The number of hydrogen-bond acceptors (Lipinski definition) is 5. The first kappa shape index (κ1) is 18.3. The third kappa shape index (κ3) is 3.19. The van der Waals surface area contributed by atoms with E-state index in [1.165, 1.54) is 19.9 Å². The summed E-state index contributed by atoms with van der Waals surface area (Å²) in [6.45, 7) is 8.38. The molecule has 5 heteroatoms. The number of aliphatic hydroxyl groups is 1. The number of ketones is 3. The maximum absolute atomic E-state index is 11.7. The fourth-order valence-electron chi connectivity index (χ4n) is 2.81. The molecule has 0 radical (unpaired) electrons. The topological polar surface area (TPSA) is 80.7 Å². The quantitative estimate of drug-likeness (QED) is 0.803. The highest BCUT2D eigenvalue weighted by molar-refractivity contribution is 6.02. The second-order valence-corrected chi connectivity index (χ2v) is 5.65. The van der Waals surface area contributed by atoms with Gasteiger partial charge in [-0.25, -0.2) is 0 Å². The molecule has 0 saturated carbocycles. The van der Waals surface area contributed by atoms with Gasteiger partial charge < -0.3 is 9.84 Å². The van der Waals surface area contributed by atoms with Gasteiger partial charge in [0, 0.05) is 0 Å². The van der Waals surface area contributed by atoms with Crippen molar-refractivity contribution in [1.29, 1.82) is 0 Å². The lowest BCUT2D eigenvalue weighted by atomic mass is 9.70. The number of Topliss-reactive ketones (excluding diaryl/α,β-unsaturated/α-hetero) is 3. The predicted octanol–water partition coefficient (Wildman–Crippen LogP) is 1.99. The molecule has 2 aliphatic rings. The summed E-state index contributed by atoms with van der Waals surface area (Å²) in [5.41, 5.74) is -0.498. The van der Waals surface area contributed by atoms with Crippen LogP contribution in [0.1, 0.15) is 41.0 Å². The van der Waals surface area contributed by atoms with Crippen LogP contribution in [0.25, 0.3) is 0 Å². The number of carbonyl (C=O) groups excluding carboxylic acids is 3. The van der Waals surface area contributed by atoms with Gasteiger partial charge in [-0.05, 0) is 33.3 Å². The van der Waals surface area contributed by atoms with Gasteiger partial charge in [0.25, 0.3) is 0 Å². The average Bonchev–Trinajstić information content (AvgIpc) is 2.85. The number of hydrogen-bond donors (Lipinski definition) is 1. The Balaban J connectivity index is 0.00000116. The van der Waals surface area contributed by atoms with Crippen LogP contribution in [0.5, 0.6) is 0 Å². The highest BCUT2D eigenvalue weighted by Crippen LogP contribution is 2.45. The monoisotopic (exact) mass is 308 g/mol. The van der Waals surface area contributed by atoms with Crippen molar-refractivity contribution in [3.8, 4) is 0 Å². The Kier molecular flexibility index (Phi) is 5.83. The molecule has 1 heterocycles. The van der Waals surface area contributed by atoms with Crippen LogP contribution in [0.2, 0.25) is 0 Å². The molecule has 0 bridgehead atoms. The highest BCUT2D eigenvalue weighted by Gasteiger charge is 2.47. The molecule has 122 valence electrons. The Hall–Kier alpha value is -1.75. The van der Waals surface area contributed by atoms with Gasteiger partial charge in [-0.3, -0.25) is 14.4 Å². The van der Waals surface area contributed by atoms with E-state index in [9.17, 15) is 19.5 Å². The lowest BCUT2D eigenvalue weighted by molar-refractivity contribution is -0.132. The Morgan fingerprint density at radius 1 is 1.36 bits per heavy atom. The summed E-state index contributed by atoms with van der Waals surface area (Å²) in [6, 6.07) is 0. The molecule has 5 nitrogen and oxygen atoms in total. The van der Waals surface area contributed by atoms with Crippen LogP contribution in [0.15, 0.2) is 23.5 Å². The summed E-state index contributed by atoms with van der Waals surface area (Å²) in [5, 5.41) is 10.2. The van der Waals surface area contributed by atoms with Crippen molar-refractivity contribution in [2.45, 2.75) is 47.1 Å². The summed E-state index contributed by atoms with van der Waals surface area (Å²) in [6.07, 6.45) is 2.31. The third-order valence-corrected chi connectivity index (χ3v) is 4.12. The molecule has 0 spiro atoms. The zero-order valence-electron chi connectivity index (χ0n) is 13.8. The maximum atomic E-state index is 11.7. The van der Waals surface area contributed by atoms with Crippen LogP contribution in [-0.2, 0) is 19.1 Å². The smallest absolute Gasteiger partial charge is 0.203 e. The molecule has 2 atom stereocenters. The number of ether oxygens (including phenoxy) is 1. The van der Waals surface area contributed by atoms with Crippen molar-refractivity contribution in [2.24, 2.45) is 11.3 Å². The molecule has 0 aromatic rings. The molecule has 22 heavy (non-hydrogen) atoms. The van der Waals surface area contributed by atoms with E-state index in [1.807, 2.05) is 13.8 Å². The van der Waals surface area contributed by atoms with E-state index in [0.717, 1.165) is 0 Å². The van der Waals surface area contributed by atoms with Gasteiger partial charge in [0.1, 0.15) is 17.3 Å². The van der Waals surface area contributed by atoms with Crippen LogP contribution in [0, 0.1) is 11.3 Å². The fraction of sp³-hybridized carbons (Fsp3) is 0.588. The predicted molar refractivity (Wildman–Crippen MR) is 82.1 cm³/mol. The molecule has 0 saturated heterocycles. The lowest BCUT2D eigenvalue weighted by Crippen LogP contribution is -2.40. The van der Waals surface area contributed by atoms with Crippen molar-refractivity contribution >= 4 is 17.3 Å². The first-order chi connectivity index (χ1) is 10.3. The molecule has 1 N–H and O–H groups in total. The zero-order chi connectivity index (χ0) is 17.1. The SMILES string of the molecule is CC.CC(=O)C(CC1(C)C2=C(C=CC1O)C(=O)CO2)C(C)=O. The van der Waals surface area contributed by atoms with E-state index in [4.69, 9.17) is 4.74 Å². The fourth-order valence-corrected chi connectivity index (χ4v) is 2.81. The first-order valence-corrected chi connectivity index (χ1v) is 7.55. The minimum atomic E-state index is -0.932. The van der Waals surface area contributed by atoms with E-state index in [0.29, 0.717) is 11.3 Å². The minimum absolute atomic E-state index is 0.0534. The van der Waals surface area contributed by atoms with Gasteiger partial charge in [-0.15, -0.1) is 0 Å². The summed E-state index contributed by atoms with van der Waals surface area (Å²) < 4.78 is 5.41. The van der Waals surface area contributed by atoms with Crippen LogP contribution in [0.3, 0.4) is 0 Å². The lowest BCUT2D eigenvalue weighted by Gasteiger charge is -2.37. The third-order valence-electron chi connectivity index (χ3n) is 4.12. The Labute approximate surface area is 131 Å². The van der Waals surface area contributed by atoms with E-state index in [-0.39, 0.29) is 30.4 Å². The van der Waals surface area contributed by atoms with Gasteiger partial charge >= 0.3 is 0 Å². The standard InChI is InChI=1S/C15H18O5.C2H6/c1-8(16)11(9(2)17)6-15(3)13(19)5-4-10-12(18)7-20-14(10)15;1-2/h4-5,11,13,19H,6-7H2,1-3H3;1-2H3. The number of carbonyl (C=O) groups is 3. The van der Waals surface area contributed by atoms with Gasteiger partial charge in [0.05, 0.1) is 23.0 Å². The van der Waals surface area contributed by atoms with Crippen molar-refractivity contribution < 1.29 is 24.2 Å². The second kappa shape index (κ2) is 7.01. The summed E-state index contributed by atoms with van der Waals surface area (Å²) >= 11 is 0. The van der Waals surface area contributed by atoms with Crippen LogP contribution in [-0.4, -0.2) is 35.2 Å². The normalized spacial score (nSPS) is 26.3. The molecule has 2 rings (SSSR count). The largest absolute Gasteiger partial charge is 0.488 e. The summed E-state index contributed by atoms with van der Waals surface area (Å²) in [7, 11) is 0. The molecular weight excluding hydrogens is 284 g/mol. The second-order valence-electron chi connectivity index (χ2n) is 5.65. The van der Waals surface area contributed by atoms with Crippen molar-refractivity contribution in [1.82, 2.24) is 0 Å². The molecule has 0 aromatic heterocycles. The number of allylic oxidation sites excluding steroid dienone is 1. The van der Waals surface area contributed by atoms with Gasteiger partial charge in [-0.2, -0.15) is 0 Å². The van der Waals surface area contributed by atoms with Gasteiger partial charge in [0.15, 0.2) is 6.61 Å². The molecule has 2 unspecified atom stereocenters. The maximum Gasteiger partial charge on any atom is 0.203 e. The average molecular weight is 308 g/mol. The Morgan fingerprint density at radius 3 is 2.41 bits per heavy atom. The first-order valence-electron chi connectivity index (χ1n) is 7.55. The Morgan fingerprint density at radius 2 is 1.91 bits per heavy atom. The molecule has 0 fully saturated rings. The van der Waals surface area contributed by atoms with Gasteiger partial charge in [-0.1, -0.05) is 19.9 Å². The highest BCUT2D eigenvalue weighted by atomic mass is 16.5. The van der Waals surface area contributed by atoms with E-state index in [2.05, 4.69) is 0 Å². The van der Waals surface area contributed by atoms with Gasteiger partial charge in [0.2, 0.25) is 5.78 Å². The van der Waals surface area contributed by atoms with E-state index in [1.54, 1.807) is 13.0 Å². The molecule has 1 aliphatic carbocycles.